The Balaban J connectivity index is 1.82. The van der Waals surface area contributed by atoms with E-state index in [0.29, 0.717) is 0 Å². The first kappa shape index (κ1) is 11.8. The summed E-state index contributed by atoms with van der Waals surface area (Å²) in [7, 11) is 0. The van der Waals surface area contributed by atoms with Gasteiger partial charge >= 0.3 is 0 Å². The van der Waals surface area contributed by atoms with Crippen molar-refractivity contribution in [3.05, 3.63) is 23.8 Å². The number of likely N-dealkylation sites (tertiary alicyclic amines) is 1. The van der Waals surface area contributed by atoms with Crippen molar-refractivity contribution in [2.45, 2.75) is 24.7 Å². The van der Waals surface area contributed by atoms with Crippen LogP contribution in [-0.4, -0.2) is 30.3 Å². The highest BCUT2D eigenvalue weighted by Gasteiger charge is 2.10. The molecule has 0 aromatic heterocycles. The third-order valence-electron chi connectivity index (χ3n) is 3.03. The summed E-state index contributed by atoms with van der Waals surface area (Å²) < 4.78 is 0. The molecular weight excluding hydrogens is 216 g/mol. The molecule has 88 valence electrons. The first-order chi connectivity index (χ1) is 7.75. The molecule has 0 aliphatic carbocycles. The Labute approximate surface area is 102 Å². The maximum absolute atomic E-state index is 5.95. The van der Waals surface area contributed by atoms with Crippen LogP contribution in [-0.2, 0) is 0 Å². The molecule has 0 unspecified atom stereocenters. The van der Waals surface area contributed by atoms with Gasteiger partial charge in [-0.2, -0.15) is 0 Å². The van der Waals surface area contributed by atoms with Gasteiger partial charge in [0.2, 0.25) is 0 Å². The van der Waals surface area contributed by atoms with Crippen molar-refractivity contribution in [3.8, 4) is 0 Å². The lowest BCUT2D eigenvalue weighted by molar-refractivity contribution is 0.362. The van der Waals surface area contributed by atoms with Gasteiger partial charge in [-0.05, 0) is 50.6 Å². The Morgan fingerprint density at radius 2 is 2.06 bits per heavy atom. The number of nitrogens with zero attached hydrogens (tertiary/aromatic N) is 1. The lowest BCUT2D eigenvalue weighted by atomic mass is 10.2. The minimum atomic E-state index is 0.914. The summed E-state index contributed by atoms with van der Waals surface area (Å²) in [6.45, 7) is 5.87. The van der Waals surface area contributed by atoms with E-state index in [4.69, 9.17) is 5.73 Å². The zero-order chi connectivity index (χ0) is 11.4. The van der Waals surface area contributed by atoms with Crippen molar-refractivity contribution < 1.29 is 0 Å². The highest BCUT2D eigenvalue weighted by atomic mass is 32.2. The molecule has 2 nitrogen and oxygen atoms in total. The summed E-state index contributed by atoms with van der Waals surface area (Å²) in [5.41, 5.74) is 8.15. The lowest BCUT2D eigenvalue weighted by Crippen LogP contribution is -2.21. The van der Waals surface area contributed by atoms with Gasteiger partial charge in [0.25, 0.3) is 0 Å². The van der Waals surface area contributed by atoms with Crippen molar-refractivity contribution >= 4 is 17.4 Å². The van der Waals surface area contributed by atoms with Crippen LogP contribution in [0.2, 0.25) is 0 Å². The van der Waals surface area contributed by atoms with Gasteiger partial charge in [-0.15, -0.1) is 11.8 Å². The highest BCUT2D eigenvalue weighted by molar-refractivity contribution is 7.99. The number of nitrogen functional groups attached to an aromatic ring is 1. The van der Waals surface area contributed by atoms with Gasteiger partial charge in [0.1, 0.15) is 0 Å². The van der Waals surface area contributed by atoms with Crippen molar-refractivity contribution in [1.29, 1.82) is 0 Å². The molecule has 2 rings (SSSR count). The second-order valence-electron chi connectivity index (χ2n) is 4.44. The average Bonchev–Trinajstić information content (AvgIpc) is 2.76. The summed E-state index contributed by atoms with van der Waals surface area (Å²) in [4.78, 5) is 3.78. The lowest BCUT2D eigenvalue weighted by Gasteiger charge is -2.14. The summed E-state index contributed by atoms with van der Waals surface area (Å²) in [6.07, 6.45) is 2.74. The molecule has 1 aromatic carbocycles. The van der Waals surface area contributed by atoms with Gasteiger partial charge in [0.15, 0.2) is 0 Å². The number of aryl methyl sites for hydroxylation is 1. The van der Waals surface area contributed by atoms with Crippen molar-refractivity contribution in [1.82, 2.24) is 4.90 Å². The number of hydrogen-bond acceptors (Lipinski definition) is 3. The maximum Gasteiger partial charge on any atom is 0.0452 e. The van der Waals surface area contributed by atoms with Crippen LogP contribution in [0.4, 0.5) is 5.69 Å². The van der Waals surface area contributed by atoms with Gasteiger partial charge in [-0.25, -0.2) is 0 Å². The number of nitrogens with two attached hydrogens (primary N) is 1. The fraction of sp³-hybridized carbons (Fsp3) is 0.538. The SMILES string of the molecule is Cc1ccc(N)c(SCCN2CCCC2)c1. The van der Waals surface area contributed by atoms with E-state index < -0.39 is 0 Å². The molecule has 1 saturated heterocycles. The molecule has 1 aromatic rings. The monoisotopic (exact) mass is 236 g/mol. The first-order valence-corrected chi connectivity index (χ1v) is 6.95. The Hall–Kier alpha value is -0.670. The number of thioether (sulfide) groups is 1. The van der Waals surface area contributed by atoms with Crippen LogP contribution in [0.15, 0.2) is 23.1 Å². The number of benzene rings is 1. The Morgan fingerprint density at radius 1 is 1.31 bits per heavy atom. The zero-order valence-electron chi connectivity index (χ0n) is 9.91. The van der Waals surface area contributed by atoms with Crippen molar-refractivity contribution in [2.75, 3.05) is 31.1 Å². The van der Waals surface area contributed by atoms with E-state index in [-0.39, 0.29) is 0 Å². The molecule has 16 heavy (non-hydrogen) atoms. The van der Waals surface area contributed by atoms with Gasteiger partial charge < -0.3 is 10.6 Å². The molecule has 0 atom stereocenters. The van der Waals surface area contributed by atoms with E-state index in [1.807, 2.05) is 17.8 Å². The van der Waals surface area contributed by atoms with E-state index >= 15 is 0 Å². The molecule has 1 aliphatic heterocycles. The predicted octanol–water partition coefficient (Wildman–Crippen LogP) is 2.77. The minimum Gasteiger partial charge on any atom is -0.398 e. The van der Waals surface area contributed by atoms with Crippen LogP contribution in [0.25, 0.3) is 0 Å². The summed E-state index contributed by atoms with van der Waals surface area (Å²) >= 11 is 1.88. The minimum absolute atomic E-state index is 0.914. The fourth-order valence-corrected chi connectivity index (χ4v) is 3.13. The summed E-state index contributed by atoms with van der Waals surface area (Å²) in [6, 6.07) is 6.26. The maximum atomic E-state index is 5.95. The van der Waals surface area contributed by atoms with Gasteiger partial charge in [0.05, 0.1) is 0 Å². The number of hydrogen-bond donors (Lipinski definition) is 1. The Bertz CT molecular complexity index is 346. The highest BCUT2D eigenvalue weighted by Crippen LogP contribution is 2.26. The van der Waals surface area contributed by atoms with Crippen LogP contribution in [0.5, 0.6) is 0 Å². The largest absolute Gasteiger partial charge is 0.398 e. The quantitative estimate of drug-likeness (QED) is 0.644. The average molecular weight is 236 g/mol. The second-order valence-corrected chi connectivity index (χ2v) is 5.58. The van der Waals surface area contributed by atoms with Crippen LogP contribution in [0.3, 0.4) is 0 Å². The normalized spacial score (nSPS) is 16.8. The molecule has 0 bridgehead atoms. The molecule has 1 heterocycles. The van der Waals surface area contributed by atoms with Gasteiger partial charge in [-0.1, -0.05) is 6.07 Å². The third kappa shape index (κ3) is 3.16. The molecule has 0 radical (unpaired) electrons. The van der Waals surface area contributed by atoms with E-state index in [1.165, 1.54) is 42.9 Å². The van der Waals surface area contributed by atoms with E-state index in [9.17, 15) is 0 Å². The summed E-state index contributed by atoms with van der Waals surface area (Å²) in [5.74, 6) is 1.15. The molecule has 3 heteroatoms. The van der Waals surface area contributed by atoms with Crippen molar-refractivity contribution in [2.24, 2.45) is 0 Å². The summed E-state index contributed by atoms with van der Waals surface area (Å²) in [5, 5.41) is 0. The predicted molar refractivity (Wildman–Crippen MR) is 72.0 cm³/mol. The zero-order valence-corrected chi connectivity index (χ0v) is 10.7. The third-order valence-corrected chi connectivity index (χ3v) is 4.08. The topological polar surface area (TPSA) is 29.3 Å². The molecule has 2 N–H and O–H groups in total. The first-order valence-electron chi connectivity index (χ1n) is 5.97. The fourth-order valence-electron chi connectivity index (χ4n) is 2.06. The molecule has 1 aliphatic rings. The van der Waals surface area contributed by atoms with Gasteiger partial charge in [-0.3, -0.25) is 0 Å². The van der Waals surface area contributed by atoms with Gasteiger partial charge in [0, 0.05) is 22.9 Å². The van der Waals surface area contributed by atoms with Crippen LogP contribution < -0.4 is 5.73 Å². The molecule has 0 saturated carbocycles. The van der Waals surface area contributed by atoms with Crippen LogP contribution >= 0.6 is 11.8 Å². The molecule has 1 fully saturated rings. The molecular formula is C13H20N2S. The Morgan fingerprint density at radius 3 is 2.81 bits per heavy atom. The van der Waals surface area contributed by atoms with Crippen LogP contribution in [0, 0.1) is 6.92 Å². The van der Waals surface area contributed by atoms with Crippen LogP contribution in [0.1, 0.15) is 18.4 Å². The number of anilines is 1. The standard InChI is InChI=1S/C13H20N2S/c1-11-4-5-12(14)13(10-11)16-9-8-15-6-2-3-7-15/h4-5,10H,2-3,6-9,14H2,1H3. The number of rotatable bonds is 4. The molecule has 0 amide bonds. The van der Waals surface area contributed by atoms with E-state index in [1.54, 1.807) is 0 Å². The smallest absolute Gasteiger partial charge is 0.0452 e. The van der Waals surface area contributed by atoms with E-state index in [2.05, 4.69) is 24.0 Å². The molecule has 0 spiro atoms. The van der Waals surface area contributed by atoms with Crippen molar-refractivity contribution in [3.63, 3.8) is 0 Å². The Kier molecular flexibility index (Phi) is 4.13. The van der Waals surface area contributed by atoms with E-state index in [0.717, 1.165) is 11.4 Å². The second kappa shape index (κ2) is 5.60.